The quantitative estimate of drug-likeness (QED) is 0.486. The summed E-state index contributed by atoms with van der Waals surface area (Å²) in [7, 11) is 0. The number of benzene rings is 2. The van der Waals surface area contributed by atoms with Crippen molar-refractivity contribution in [1.29, 1.82) is 0 Å². The zero-order valence-corrected chi connectivity index (χ0v) is 16.2. The molecule has 0 aliphatic rings. The van der Waals surface area contributed by atoms with Crippen LogP contribution in [0.5, 0.6) is 0 Å². The van der Waals surface area contributed by atoms with Crippen LogP contribution in [-0.2, 0) is 0 Å². The Kier molecular flexibility index (Phi) is 5.26. The first-order chi connectivity index (χ1) is 14.1. The summed E-state index contributed by atoms with van der Waals surface area (Å²) in [5, 5.41) is 8.38. The highest BCUT2D eigenvalue weighted by molar-refractivity contribution is 7.14. The molecule has 4 rings (SSSR count). The lowest BCUT2D eigenvalue weighted by Crippen LogP contribution is -2.15. The molecule has 4 aromatic rings. The molecule has 0 saturated heterocycles. The summed E-state index contributed by atoms with van der Waals surface area (Å²) in [6.07, 6.45) is 1.45. The van der Waals surface area contributed by atoms with Gasteiger partial charge in [-0.3, -0.25) is 4.79 Å². The summed E-state index contributed by atoms with van der Waals surface area (Å²) in [6, 6.07) is 15.4. The van der Waals surface area contributed by atoms with Crippen molar-refractivity contribution in [3.8, 4) is 11.3 Å². The fourth-order valence-corrected chi connectivity index (χ4v) is 3.36. The molecule has 144 valence electrons. The predicted octanol–water partition coefficient (Wildman–Crippen LogP) is 5.04. The van der Waals surface area contributed by atoms with E-state index in [0.29, 0.717) is 28.0 Å². The van der Waals surface area contributed by atoms with E-state index in [4.69, 9.17) is 0 Å². The van der Waals surface area contributed by atoms with E-state index in [1.807, 2.05) is 35.7 Å². The minimum absolute atomic E-state index is 0.337. The molecule has 0 unspecified atom stereocenters. The van der Waals surface area contributed by atoms with Crippen LogP contribution >= 0.6 is 11.3 Å². The van der Waals surface area contributed by atoms with Gasteiger partial charge < -0.3 is 10.6 Å². The smallest absolute Gasteiger partial charge is 0.259 e. The van der Waals surface area contributed by atoms with Crippen LogP contribution in [0.2, 0.25) is 0 Å². The fraction of sp³-hybridized carbons (Fsp3) is 0.0476. The van der Waals surface area contributed by atoms with Crippen molar-refractivity contribution >= 4 is 34.0 Å². The molecule has 0 radical (unpaired) electrons. The third-order valence-electron chi connectivity index (χ3n) is 4.12. The van der Waals surface area contributed by atoms with E-state index in [1.165, 1.54) is 41.8 Å². The molecule has 0 bridgehead atoms. The van der Waals surface area contributed by atoms with Gasteiger partial charge in [-0.15, -0.1) is 11.3 Å². The van der Waals surface area contributed by atoms with Crippen LogP contribution in [0.3, 0.4) is 0 Å². The number of halogens is 1. The van der Waals surface area contributed by atoms with Gasteiger partial charge in [0.05, 0.1) is 17.0 Å². The van der Waals surface area contributed by atoms with Crippen molar-refractivity contribution in [2.24, 2.45) is 0 Å². The molecule has 0 aliphatic carbocycles. The highest BCUT2D eigenvalue weighted by atomic mass is 32.1. The third kappa shape index (κ3) is 4.44. The Hall–Kier alpha value is -3.65. The molecule has 1 amide bonds. The first-order valence-corrected chi connectivity index (χ1v) is 9.65. The normalized spacial score (nSPS) is 10.6. The van der Waals surface area contributed by atoms with Crippen molar-refractivity contribution < 1.29 is 9.18 Å². The number of carbonyl (C=O) groups excluding carboxylic acids is 1. The average Bonchev–Trinajstić information content (AvgIpc) is 3.19. The lowest BCUT2D eigenvalue weighted by atomic mass is 10.2. The van der Waals surface area contributed by atoms with Crippen LogP contribution in [0, 0.1) is 12.7 Å². The Balaban J connectivity index is 1.46. The third-order valence-corrected chi connectivity index (χ3v) is 4.88. The van der Waals surface area contributed by atoms with Crippen molar-refractivity contribution in [1.82, 2.24) is 15.0 Å². The topological polar surface area (TPSA) is 79.8 Å². The molecule has 8 heteroatoms. The summed E-state index contributed by atoms with van der Waals surface area (Å²) >= 11 is 1.45. The number of thiazole rings is 1. The van der Waals surface area contributed by atoms with Crippen LogP contribution in [-0.4, -0.2) is 20.9 Å². The minimum Gasteiger partial charge on any atom is -0.322 e. The highest BCUT2D eigenvalue weighted by Crippen LogP contribution is 2.26. The second-order valence-corrected chi connectivity index (χ2v) is 7.04. The van der Waals surface area contributed by atoms with Crippen LogP contribution < -0.4 is 10.6 Å². The van der Waals surface area contributed by atoms with E-state index in [0.717, 1.165) is 11.3 Å². The van der Waals surface area contributed by atoms with Gasteiger partial charge in [-0.05, 0) is 31.2 Å². The van der Waals surface area contributed by atoms with Crippen molar-refractivity contribution in [3.05, 3.63) is 83.2 Å². The summed E-state index contributed by atoms with van der Waals surface area (Å²) in [6.45, 7) is 1.73. The van der Waals surface area contributed by atoms with Gasteiger partial charge in [0.25, 0.3) is 5.91 Å². The van der Waals surface area contributed by atoms with Gasteiger partial charge in [-0.1, -0.05) is 30.3 Å². The molecule has 6 nitrogen and oxygen atoms in total. The van der Waals surface area contributed by atoms with E-state index in [2.05, 4.69) is 25.6 Å². The maximum absolute atomic E-state index is 13.0. The number of anilines is 3. The van der Waals surface area contributed by atoms with Crippen LogP contribution in [0.4, 0.5) is 21.2 Å². The largest absolute Gasteiger partial charge is 0.322 e. The van der Waals surface area contributed by atoms with E-state index >= 15 is 0 Å². The lowest BCUT2D eigenvalue weighted by molar-refractivity contribution is 0.102. The maximum Gasteiger partial charge on any atom is 0.259 e. The minimum atomic E-state index is -0.365. The van der Waals surface area contributed by atoms with E-state index < -0.39 is 0 Å². The van der Waals surface area contributed by atoms with Crippen molar-refractivity contribution in [2.45, 2.75) is 6.92 Å². The number of nitrogens with zero attached hydrogens (tertiary/aromatic N) is 3. The first kappa shape index (κ1) is 18.7. The Morgan fingerprint density at radius 1 is 1.03 bits per heavy atom. The molecule has 2 aromatic heterocycles. The molecule has 0 saturated carbocycles. The maximum atomic E-state index is 13.0. The summed E-state index contributed by atoms with van der Waals surface area (Å²) in [5.74, 6) is -0.369. The predicted molar refractivity (Wildman–Crippen MR) is 112 cm³/mol. The summed E-state index contributed by atoms with van der Waals surface area (Å²) in [4.78, 5) is 25.5. The average molecular weight is 405 g/mol. The number of aromatic nitrogens is 3. The standard InChI is InChI=1S/C21H16FN5OS/c1-13-17(19(28)25-16-9-7-15(22)8-10-16)11-23-20(24-13)27-21-26-18(12-29-21)14-5-3-2-4-6-14/h2-12H,1H3,(H,25,28)(H,23,24,26,27). The zero-order valence-electron chi connectivity index (χ0n) is 15.4. The number of amides is 1. The zero-order chi connectivity index (χ0) is 20.2. The van der Waals surface area contributed by atoms with E-state index in [9.17, 15) is 9.18 Å². The number of hydrogen-bond acceptors (Lipinski definition) is 6. The number of rotatable bonds is 5. The molecule has 0 aliphatic heterocycles. The number of aryl methyl sites for hydroxylation is 1. The van der Waals surface area contributed by atoms with Gasteiger partial charge >= 0.3 is 0 Å². The van der Waals surface area contributed by atoms with Gasteiger partial charge in [0.15, 0.2) is 5.13 Å². The number of carbonyl (C=O) groups is 1. The Labute approximate surface area is 170 Å². The van der Waals surface area contributed by atoms with Crippen LogP contribution in [0.25, 0.3) is 11.3 Å². The van der Waals surface area contributed by atoms with E-state index in [1.54, 1.807) is 6.92 Å². The Bertz CT molecular complexity index is 1150. The fourth-order valence-electron chi connectivity index (χ4n) is 2.65. The van der Waals surface area contributed by atoms with Gasteiger partial charge in [0.2, 0.25) is 5.95 Å². The Morgan fingerprint density at radius 2 is 1.79 bits per heavy atom. The number of nitrogens with one attached hydrogen (secondary N) is 2. The molecule has 2 N–H and O–H groups in total. The molecule has 2 aromatic carbocycles. The van der Waals surface area contributed by atoms with Crippen LogP contribution in [0.1, 0.15) is 16.1 Å². The SMILES string of the molecule is Cc1nc(Nc2nc(-c3ccccc3)cs2)ncc1C(=O)Nc1ccc(F)cc1. The molecular weight excluding hydrogens is 389 g/mol. The molecular formula is C21H16FN5OS. The van der Waals surface area contributed by atoms with Crippen molar-refractivity contribution in [3.63, 3.8) is 0 Å². The van der Waals surface area contributed by atoms with E-state index in [-0.39, 0.29) is 11.7 Å². The lowest BCUT2D eigenvalue weighted by Gasteiger charge is -2.08. The highest BCUT2D eigenvalue weighted by Gasteiger charge is 2.13. The monoisotopic (exact) mass is 405 g/mol. The molecule has 0 atom stereocenters. The van der Waals surface area contributed by atoms with Crippen molar-refractivity contribution in [2.75, 3.05) is 10.6 Å². The second-order valence-electron chi connectivity index (χ2n) is 6.18. The van der Waals surface area contributed by atoms with Gasteiger partial charge in [-0.25, -0.2) is 19.3 Å². The van der Waals surface area contributed by atoms with Gasteiger partial charge in [-0.2, -0.15) is 0 Å². The van der Waals surface area contributed by atoms with Gasteiger partial charge in [0, 0.05) is 22.8 Å². The first-order valence-electron chi connectivity index (χ1n) is 8.77. The molecule has 29 heavy (non-hydrogen) atoms. The summed E-state index contributed by atoms with van der Waals surface area (Å²) in [5.41, 5.74) is 3.24. The number of hydrogen-bond donors (Lipinski definition) is 2. The molecule has 0 spiro atoms. The van der Waals surface area contributed by atoms with Gasteiger partial charge in [0.1, 0.15) is 5.82 Å². The van der Waals surface area contributed by atoms with Crippen LogP contribution in [0.15, 0.2) is 66.2 Å². The molecule has 2 heterocycles. The second kappa shape index (κ2) is 8.15. The molecule has 0 fully saturated rings. The summed E-state index contributed by atoms with van der Waals surface area (Å²) < 4.78 is 13.0. The Morgan fingerprint density at radius 3 is 2.52 bits per heavy atom.